The maximum atomic E-state index is 6.08. The highest BCUT2D eigenvalue weighted by Crippen LogP contribution is 2.50. The first-order chi connectivity index (χ1) is 9.99. The Labute approximate surface area is 127 Å². The van der Waals surface area contributed by atoms with Gasteiger partial charge in [-0.3, -0.25) is 4.90 Å². The number of piperidine rings is 1. The molecule has 1 saturated carbocycles. The third-order valence-corrected chi connectivity index (χ3v) is 6.51. The van der Waals surface area contributed by atoms with Crippen molar-refractivity contribution in [3.05, 3.63) is 23.3 Å². The summed E-state index contributed by atoms with van der Waals surface area (Å²) in [7, 11) is 0. The van der Waals surface area contributed by atoms with Crippen LogP contribution in [-0.2, 0) is 11.8 Å². The highest BCUT2D eigenvalue weighted by Gasteiger charge is 2.49. The van der Waals surface area contributed by atoms with E-state index in [1.807, 2.05) is 0 Å². The van der Waals surface area contributed by atoms with Crippen LogP contribution >= 0.6 is 0 Å². The molecule has 2 bridgehead atoms. The lowest BCUT2D eigenvalue weighted by Crippen LogP contribution is -2.58. The highest BCUT2D eigenvalue weighted by molar-refractivity contribution is 5.67. The van der Waals surface area contributed by atoms with Crippen LogP contribution in [-0.4, -0.2) is 24.0 Å². The van der Waals surface area contributed by atoms with E-state index in [0.717, 1.165) is 23.7 Å². The maximum absolute atomic E-state index is 6.08. The average Bonchev–Trinajstić information content (AvgIpc) is 3.24. The molecular formula is C18H27N3. The molecule has 1 aromatic carbocycles. The van der Waals surface area contributed by atoms with Crippen LogP contribution in [0.5, 0.6) is 0 Å². The monoisotopic (exact) mass is 285 g/mol. The molecule has 4 rings (SSSR count). The SMILES string of the molecule is C[C@H]1C2Cc3cc(N)c(N)cc3[C@@]1(C)CCN2CC1CC1. The molecule has 2 fully saturated rings. The van der Waals surface area contributed by atoms with E-state index >= 15 is 0 Å². The van der Waals surface area contributed by atoms with Crippen LogP contribution in [0.15, 0.2) is 12.1 Å². The Morgan fingerprint density at radius 3 is 2.67 bits per heavy atom. The summed E-state index contributed by atoms with van der Waals surface area (Å²) in [6, 6.07) is 4.98. The normalized spacial score (nSPS) is 35.5. The fraction of sp³-hybridized carbons (Fsp3) is 0.667. The van der Waals surface area contributed by atoms with Crippen LogP contribution in [0.1, 0.15) is 44.2 Å². The van der Waals surface area contributed by atoms with Gasteiger partial charge in [0.2, 0.25) is 0 Å². The summed E-state index contributed by atoms with van der Waals surface area (Å²) in [5.74, 6) is 1.67. The van der Waals surface area contributed by atoms with Gasteiger partial charge in [0.25, 0.3) is 0 Å². The lowest BCUT2D eigenvalue weighted by molar-refractivity contribution is 0.0285. The lowest BCUT2D eigenvalue weighted by atomic mass is 9.59. The smallest absolute Gasteiger partial charge is 0.0550 e. The summed E-state index contributed by atoms with van der Waals surface area (Å²) < 4.78 is 0. The highest BCUT2D eigenvalue weighted by atomic mass is 15.2. The zero-order chi connectivity index (χ0) is 14.8. The average molecular weight is 285 g/mol. The van der Waals surface area contributed by atoms with Gasteiger partial charge in [0.1, 0.15) is 0 Å². The van der Waals surface area contributed by atoms with Crippen molar-refractivity contribution in [1.29, 1.82) is 0 Å². The topological polar surface area (TPSA) is 55.3 Å². The van der Waals surface area contributed by atoms with E-state index in [2.05, 4.69) is 30.9 Å². The van der Waals surface area contributed by atoms with E-state index < -0.39 is 0 Å². The van der Waals surface area contributed by atoms with Crippen molar-refractivity contribution in [1.82, 2.24) is 4.90 Å². The number of benzene rings is 1. The van der Waals surface area contributed by atoms with Crippen molar-refractivity contribution < 1.29 is 0 Å². The van der Waals surface area contributed by atoms with Gasteiger partial charge in [-0.1, -0.05) is 13.8 Å². The van der Waals surface area contributed by atoms with Gasteiger partial charge in [-0.15, -0.1) is 0 Å². The van der Waals surface area contributed by atoms with Crippen molar-refractivity contribution in [2.45, 2.75) is 51.0 Å². The first-order valence-electron chi connectivity index (χ1n) is 8.41. The Morgan fingerprint density at radius 2 is 1.95 bits per heavy atom. The Bertz CT molecular complexity index is 578. The Morgan fingerprint density at radius 1 is 1.24 bits per heavy atom. The minimum absolute atomic E-state index is 0.264. The first-order valence-corrected chi connectivity index (χ1v) is 8.41. The van der Waals surface area contributed by atoms with Crippen molar-refractivity contribution >= 4 is 11.4 Å². The van der Waals surface area contributed by atoms with Crippen LogP contribution in [0.2, 0.25) is 0 Å². The summed E-state index contributed by atoms with van der Waals surface area (Å²) in [5, 5.41) is 0. The molecule has 1 aliphatic heterocycles. The number of fused-ring (bicyclic) bond motifs is 4. The number of hydrogen-bond donors (Lipinski definition) is 2. The van der Waals surface area contributed by atoms with Crippen molar-refractivity contribution in [3.8, 4) is 0 Å². The first kappa shape index (κ1) is 13.4. The van der Waals surface area contributed by atoms with Gasteiger partial charge in [-0.05, 0) is 72.7 Å². The zero-order valence-electron chi connectivity index (χ0n) is 13.2. The zero-order valence-corrected chi connectivity index (χ0v) is 13.2. The van der Waals surface area contributed by atoms with E-state index in [1.165, 1.54) is 43.5 Å². The Kier molecular flexibility index (Phi) is 2.81. The molecule has 0 radical (unpaired) electrons. The molecule has 2 aliphatic carbocycles. The van der Waals surface area contributed by atoms with Gasteiger partial charge in [-0.25, -0.2) is 0 Å². The van der Waals surface area contributed by atoms with Gasteiger partial charge < -0.3 is 11.5 Å². The third-order valence-electron chi connectivity index (χ3n) is 6.51. The molecule has 0 spiro atoms. The van der Waals surface area contributed by atoms with Crippen molar-refractivity contribution in [2.24, 2.45) is 11.8 Å². The number of rotatable bonds is 2. The maximum Gasteiger partial charge on any atom is 0.0550 e. The van der Waals surface area contributed by atoms with Gasteiger partial charge in [0, 0.05) is 12.6 Å². The number of nitrogens with two attached hydrogens (primary N) is 2. The number of anilines is 2. The quantitative estimate of drug-likeness (QED) is 0.822. The fourth-order valence-corrected chi connectivity index (χ4v) is 4.66. The predicted molar refractivity (Wildman–Crippen MR) is 88.2 cm³/mol. The van der Waals surface area contributed by atoms with Gasteiger partial charge in [0.05, 0.1) is 11.4 Å². The molecule has 0 aromatic heterocycles. The number of nitrogen functional groups attached to an aromatic ring is 2. The minimum atomic E-state index is 0.264. The number of likely N-dealkylation sites (tertiary alicyclic amines) is 1. The molecule has 1 saturated heterocycles. The molecule has 1 heterocycles. The van der Waals surface area contributed by atoms with Crippen molar-refractivity contribution in [3.63, 3.8) is 0 Å². The molecule has 0 amide bonds. The van der Waals surface area contributed by atoms with Crippen LogP contribution in [0.25, 0.3) is 0 Å². The molecule has 1 unspecified atom stereocenters. The van der Waals surface area contributed by atoms with E-state index in [4.69, 9.17) is 11.5 Å². The largest absolute Gasteiger partial charge is 0.397 e. The molecular weight excluding hydrogens is 258 g/mol. The molecule has 3 nitrogen and oxygen atoms in total. The second kappa shape index (κ2) is 4.39. The number of nitrogens with zero attached hydrogens (tertiary/aromatic N) is 1. The Hall–Kier alpha value is -1.22. The summed E-state index contributed by atoms with van der Waals surface area (Å²) in [6.07, 6.45) is 5.26. The lowest BCUT2D eigenvalue weighted by Gasteiger charge is -2.55. The van der Waals surface area contributed by atoms with Crippen LogP contribution in [0.3, 0.4) is 0 Å². The molecule has 1 aromatic rings. The third kappa shape index (κ3) is 1.97. The van der Waals surface area contributed by atoms with E-state index in [1.54, 1.807) is 0 Å². The van der Waals surface area contributed by atoms with Crippen LogP contribution in [0.4, 0.5) is 11.4 Å². The standard InChI is InChI=1S/C18H27N3/c1-11-17-8-13-7-15(19)16(20)9-14(13)18(11,2)5-6-21(17)10-12-3-4-12/h7,9,11-12,17H,3-6,8,10,19-20H2,1-2H3/t11-,17?,18-/m0/s1. The van der Waals surface area contributed by atoms with E-state index in [-0.39, 0.29) is 5.41 Å². The predicted octanol–water partition coefficient (Wildman–Crippen LogP) is 2.79. The minimum Gasteiger partial charge on any atom is -0.397 e. The molecule has 3 atom stereocenters. The fourth-order valence-electron chi connectivity index (χ4n) is 4.66. The summed E-state index contributed by atoms with van der Waals surface area (Å²) in [4.78, 5) is 2.76. The molecule has 21 heavy (non-hydrogen) atoms. The second-order valence-corrected chi connectivity index (χ2v) is 7.80. The Balaban J connectivity index is 1.74. The molecule has 4 N–H and O–H groups in total. The van der Waals surface area contributed by atoms with E-state index in [9.17, 15) is 0 Å². The molecule has 3 heteroatoms. The summed E-state index contributed by atoms with van der Waals surface area (Å²) in [6.45, 7) is 7.43. The number of hydrogen-bond acceptors (Lipinski definition) is 3. The van der Waals surface area contributed by atoms with Gasteiger partial charge in [0.15, 0.2) is 0 Å². The van der Waals surface area contributed by atoms with Crippen molar-refractivity contribution in [2.75, 3.05) is 24.6 Å². The van der Waals surface area contributed by atoms with Gasteiger partial charge in [-0.2, -0.15) is 0 Å². The van der Waals surface area contributed by atoms with Gasteiger partial charge >= 0.3 is 0 Å². The molecule has 3 aliphatic rings. The summed E-state index contributed by atoms with van der Waals surface area (Å²) >= 11 is 0. The van der Waals surface area contributed by atoms with Crippen LogP contribution in [0, 0.1) is 11.8 Å². The summed E-state index contributed by atoms with van der Waals surface area (Å²) in [5.41, 5.74) is 16.8. The second-order valence-electron chi connectivity index (χ2n) is 7.80. The van der Waals surface area contributed by atoms with E-state index in [0.29, 0.717) is 12.0 Å². The van der Waals surface area contributed by atoms with Crippen LogP contribution < -0.4 is 11.5 Å². The molecule has 114 valence electrons.